The van der Waals surface area contributed by atoms with E-state index in [-0.39, 0.29) is 11.8 Å². The molecule has 0 radical (unpaired) electrons. The lowest BCUT2D eigenvalue weighted by Crippen LogP contribution is -2.47. The number of carbonyl (C=O) groups excluding carboxylic acids is 3. The number of aromatic amines is 1. The van der Waals surface area contributed by atoms with Gasteiger partial charge in [-0.05, 0) is 73.0 Å². The molecule has 1 aliphatic heterocycles. The Morgan fingerprint density at radius 1 is 0.977 bits per heavy atom. The molecule has 43 heavy (non-hydrogen) atoms. The van der Waals surface area contributed by atoms with Crippen LogP contribution < -0.4 is 11.1 Å². The van der Waals surface area contributed by atoms with Crippen LogP contribution in [0.3, 0.4) is 0 Å². The van der Waals surface area contributed by atoms with Gasteiger partial charge in [0, 0.05) is 59.9 Å². The first-order valence-corrected chi connectivity index (χ1v) is 14.5. The number of pyridine rings is 1. The van der Waals surface area contributed by atoms with Crippen molar-refractivity contribution in [2.45, 2.75) is 20.3 Å². The van der Waals surface area contributed by atoms with Gasteiger partial charge in [0.15, 0.2) is 0 Å². The Kier molecular flexibility index (Phi) is 7.41. The Hall–Kier alpha value is -5.02. The predicted octanol–water partition coefficient (Wildman–Crippen LogP) is 4.99. The van der Waals surface area contributed by atoms with E-state index in [1.54, 1.807) is 18.3 Å². The number of hydrogen-bond acceptors (Lipinski definition) is 5. The molecule has 218 valence electrons. The highest BCUT2D eigenvalue weighted by atomic mass is 16.2. The molecular weight excluding hydrogens is 540 g/mol. The summed E-state index contributed by atoms with van der Waals surface area (Å²) in [5.41, 5.74) is 12.8. The van der Waals surface area contributed by atoms with E-state index in [9.17, 15) is 14.4 Å². The zero-order chi connectivity index (χ0) is 30.2. The third-order valence-corrected chi connectivity index (χ3v) is 8.39. The van der Waals surface area contributed by atoms with Crippen LogP contribution in [0.1, 0.15) is 49.3 Å². The monoisotopic (exact) mass is 574 g/mol. The molecule has 0 aliphatic carbocycles. The third-order valence-electron chi connectivity index (χ3n) is 8.39. The topological polar surface area (TPSA) is 124 Å². The number of primary amides is 1. The molecule has 3 amide bonds. The molecule has 0 unspecified atom stereocenters. The van der Waals surface area contributed by atoms with Gasteiger partial charge in [0.05, 0.1) is 11.1 Å². The van der Waals surface area contributed by atoms with Crippen LogP contribution in [-0.2, 0) is 6.42 Å². The summed E-state index contributed by atoms with van der Waals surface area (Å²) in [4.78, 5) is 50.6. The van der Waals surface area contributed by atoms with Crippen LogP contribution in [0.5, 0.6) is 0 Å². The van der Waals surface area contributed by atoms with Crippen molar-refractivity contribution in [3.63, 3.8) is 0 Å². The van der Waals surface area contributed by atoms with Crippen LogP contribution in [0.2, 0.25) is 0 Å². The second kappa shape index (κ2) is 11.3. The van der Waals surface area contributed by atoms with Crippen molar-refractivity contribution < 1.29 is 14.4 Å². The first-order chi connectivity index (χ1) is 20.7. The minimum Gasteiger partial charge on any atom is -0.366 e. The zero-order valence-corrected chi connectivity index (χ0v) is 24.5. The Labute approximate surface area is 249 Å². The van der Waals surface area contributed by atoms with Crippen molar-refractivity contribution in [1.29, 1.82) is 0 Å². The number of rotatable bonds is 6. The Morgan fingerprint density at radius 2 is 1.77 bits per heavy atom. The van der Waals surface area contributed by atoms with Crippen molar-refractivity contribution in [2.24, 2.45) is 5.73 Å². The van der Waals surface area contributed by atoms with E-state index in [0.29, 0.717) is 41.1 Å². The molecule has 5 aromatic rings. The number of benzene rings is 3. The molecule has 6 rings (SSSR count). The number of hydrogen-bond donors (Lipinski definition) is 3. The normalized spacial score (nSPS) is 13.9. The molecule has 4 N–H and O–H groups in total. The lowest BCUT2D eigenvalue weighted by atomic mass is 9.93. The van der Waals surface area contributed by atoms with E-state index in [1.165, 1.54) is 0 Å². The number of nitrogens with two attached hydrogens (primary N) is 1. The van der Waals surface area contributed by atoms with Crippen molar-refractivity contribution in [2.75, 3.05) is 38.5 Å². The molecule has 1 fully saturated rings. The molecule has 0 atom stereocenters. The number of nitrogens with one attached hydrogen (secondary N) is 2. The number of amides is 3. The van der Waals surface area contributed by atoms with Gasteiger partial charge in [0.2, 0.25) is 0 Å². The SMILES string of the molecule is CCc1ccc(C(=O)Nc2cccc(-c3ccc(C(N)=O)c4[nH]c5cc(C(=O)N6CCN(C)CC6)ccc5c34)c2C)nc1. The second-order valence-electron chi connectivity index (χ2n) is 11.1. The highest BCUT2D eigenvalue weighted by molar-refractivity contribution is 6.20. The summed E-state index contributed by atoms with van der Waals surface area (Å²) < 4.78 is 0. The summed E-state index contributed by atoms with van der Waals surface area (Å²) in [6.07, 6.45) is 2.57. The van der Waals surface area contributed by atoms with Gasteiger partial charge in [-0.1, -0.05) is 37.3 Å². The summed E-state index contributed by atoms with van der Waals surface area (Å²) in [6, 6.07) is 18.6. The summed E-state index contributed by atoms with van der Waals surface area (Å²) in [6.45, 7) is 7.04. The fraction of sp³-hybridized carbons (Fsp3) is 0.235. The van der Waals surface area contributed by atoms with E-state index in [0.717, 1.165) is 58.1 Å². The van der Waals surface area contributed by atoms with Crippen molar-refractivity contribution in [3.8, 4) is 11.1 Å². The average molecular weight is 575 g/mol. The number of piperazine rings is 1. The van der Waals surface area contributed by atoms with Crippen LogP contribution in [0, 0.1) is 6.92 Å². The molecule has 1 saturated heterocycles. The number of H-pyrrole nitrogens is 1. The van der Waals surface area contributed by atoms with Crippen LogP contribution in [0.4, 0.5) is 5.69 Å². The minimum atomic E-state index is -0.545. The number of aryl methyl sites for hydroxylation is 1. The molecule has 1 aliphatic rings. The number of anilines is 1. The fourth-order valence-corrected chi connectivity index (χ4v) is 5.78. The maximum Gasteiger partial charge on any atom is 0.274 e. The van der Waals surface area contributed by atoms with Gasteiger partial charge < -0.3 is 25.8 Å². The summed E-state index contributed by atoms with van der Waals surface area (Å²) in [7, 11) is 2.06. The number of aromatic nitrogens is 2. The molecule has 2 aromatic heterocycles. The fourth-order valence-electron chi connectivity index (χ4n) is 5.78. The summed E-state index contributed by atoms with van der Waals surface area (Å²) >= 11 is 0. The molecule has 0 saturated carbocycles. The van der Waals surface area contributed by atoms with Gasteiger partial charge >= 0.3 is 0 Å². The van der Waals surface area contributed by atoms with Crippen molar-refractivity contribution in [1.82, 2.24) is 19.8 Å². The second-order valence-corrected chi connectivity index (χ2v) is 11.1. The number of carbonyl (C=O) groups is 3. The molecular formula is C34H34N6O3. The van der Waals surface area contributed by atoms with E-state index >= 15 is 0 Å². The van der Waals surface area contributed by atoms with Gasteiger partial charge in [0.25, 0.3) is 17.7 Å². The molecule has 0 bridgehead atoms. The highest BCUT2D eigenvalue weighted by Crippen LogP contribution is 2.39. The van der Waals surface area contributed by atoms with E-state index < -0.39 is 5.91 Å². The number of likely N-dealkylation sites (N-methyl/N-ethyl adjacent to an activating group) is 1. The van der Waals surface area contributed by atoms with Crippen LogP contribution in [0.25, 0.3) is 32.9 Å². The van der Waals surface area contributed by atoms with E-state index in [4.69, 9.17) is 5.73 Å². The standard InChI is InChI=1S/C34H34N6O3/c1-4-21-8-13-28(36-19-21)33(42)38-27-7-5-6-23(20(27)2)24-11-12-26(32(35)41)31-30(24)25-10-9-22(18-29(25)37-31)34(43)40-16-14-39(3)15-17-40/h5-13,18-19,37H,4,14-17H2,1-3H3,(H2,35,41)(H,38,42). The molecule has 0 spiro atoms. The smallest absolute Gasteiger partial charge is 0.274 e. The Morgan fingerprint density at radius 3 is 2.47 bits per heavy atom. The highest BCUT2D eigenvalue weighted by Gasteiger charge is 2.23. The quantitative estimate of drug-likeness (QED) is 0.264. The predicted molar refractivity (Wildman–Crippen MR) is 169 cm³/mol. The van der Waals surface area contributed by atoms with Gasteiger partial charge in [-0.15, -0.1) is 0 Å². The first-order valence-electron chi connectivity index (χ1n) is 14.5. The zero-order valence-electron chi connectivity index (χ0n) is 24.5. The van der Waals surface area contributed by atoms with Gasteiger partial charge in [-0.25, -0.2) is 0 Å². The maximum absolute atomic E-state index is 13.3. The van der Waals surface area contributed by atoms with Crippen molar-refractivity contribution in [3.05, 3.63) is 94.8 Å². The average Bonchev–Trinajstić information content (AvgIpc) is 3.40. The third kappa shape index (κ3) is 5.23. The Balaban J connectivity index is 1.41. The Bertz CT molecular complexity index is 1880. The van der Waals surface area contributed by atoms with Crippen LogP contribution in [-0.4, -0.2) is 70.7 Å². The van der Waals surface area contributed by atoms with Crippen molar-refractivity contribution >= 4 is 45.2 Å². The van der Waals surface area contributed by atoms with E-state index in [2.05, 4.69) is 27.2 Å². The maximum atomic E-state index is 13.3. The van der Waals surface area contributed by atoms with Gasteiger partial charge in [-0.3, -0.25) is 19.4 Å². The summed E-state index contributed by atoms with van der Waals surface area (Å²) in [5, 5.41) is 4.71. The van der Waals surface area contributed by atoms with Gasteiger partial charge in [0.1, 0.15) is 5.69 Å². The number of nitrogens with zero attached hydrogens (tertiary/aromatic N) is 3. The molecule has 3 aromatic carbocycles. The van der Waals surface area contributed by atoms with E-state index in [1.807, 2.05) is 67.3 Å². The minimum absolute atomic E-state index is 0.0119. The lowest BCUT2D eigenvalue weighted by molar-refractivity contribution is 0.0664. The number of fused-ring (bicyclic) bond motifs is 3. The molecule has 3 heterocycles. The van der Waals surface area contributed by atoms with Gasteiger partial charge in [-0.2, -0.15) is 0 Å². The van der Waals surface area contributed by atoms with Crippen LogP contribution in [0.15, 0.2) is 66.9 Å². The molecule has 9 heteroatoms. The largest absolute Gasteiger partial charge is 0.366 e. The summed E-state index contributed by atoms with van der Waals surface area (Å²) in [5.74, 6) is -0.847. The van der Waals surface area contributed by atoms with Crippen LogP contribution >= 0.6 is 0 Å². The lowest BCUT2D eigenvalue weighted by Gasteiger charge is -2.32. The molecule has 9 nitrogen and oxygen atoms in total. The first kappa shape index (κ1) is 28.1.